The Bertz CT molecular complexity index is 748. The highest BCUT2D eigenvalue weighted by atomic mass is 35.5. The number of nitrogens with two attached hydrogens (primary N) is 1. The molecular weight excluding hydrogens is 376 g/mol. The van der Waals surface area contributed by atoms with Crippen molar-refractivity contribution in [3.8, 4) is 11.5 Å². The molecule has 28 heavy (non-hydrogen) atoms. The van der Waals surface area contributed by atoms with Crippen LogP contribution in [0.1, 0.15) is 35.3 Å². The first kappa shape index (κ1) is 23.8. The lowest BCUT2D eigenvalue weighted by Crippen LogP contribution is -2.36. The van der Waals surface area contributed by atoms with E-state index in [0.29, 0.717) is 42.6 Å². The van der Waals surface area contributed by atoms with Gasteiger partial charge in [-0.2, -0.15) is 0 Å². The van der Waals surface area contributed by atoms with Crippen LogP contribution in [0.25, 0.3) is 0 Å². The van der Waals surface area contributed by atoms with Gasteiger partial charge in [-0.05, 0) is 47.7 Å². The van der Waals surface area contributed by atoms with Gasteiger partial charge in [0.25, 0.3) is 5.91 Å². The molecule has 2 rings (SSSR count). The van der Waals surface area contributed by atoms with Gasteiger partial charge in [0.05, 0.1) is 14.2 Å². The zero-order valence-electron chi connectivity index (χ0n) is 17.1. The highest BCUT2D eigenvalue weighted by Crippen LogP contribution is 2.27. The zero-order valence-corrected chi connectivity index (χ0v) is 17.9. The van der Waals surface area contributed by atoms with Gasteiger partial charge in [-0.1, -0.05) is 32.0 Å². The van der Waals surface area contributed by atoms with Crippen LogP contribution in [0.4, 0.5) is 0 Å². The maximum absolute atomic E-state index is 13.0. The number of halogens is 1. The van der Waals surface area contributed by atoms with Crippen molar-refractivity contribution in [1.82, 2.24) is 4.90 Å². The van der Waals surface area contributed by atoms with Crippen molar-refractivity contribution < 1.29 is 14.3 Å². The van der Waals surface area contributed by atoms with E-state index in [1.165, 1.54) is 0 Å². The summed E-state index contributed by atoms with van der Waals surface area (Å²) in [6.07, 6.45) is 0.750. The summed E-state index contributed by atoms with van der Waals surface area (Å²) >= 11 is 0. The Morgan fingerprint density at radius 1 is 1.00 bits per heavy atom. The summed E-state index contributed by atoms with van der Waals surface area (Å²) in [6.45, 7) is 6.07. The average Bonchev–Trinajstić information content (AvgIpc) is 2.70. The van der Waals surface area contributed by atoms with Gasteiger partial charge in [0, 0.05) is 25.2 Å². The third kappa shape index (κ3) is 6.43. The molecule has 0 aliphatic carbocycles. The second-order valence-corrected chi connectivity index (χ2v) is 6.99. The maximum atomic E-state index is 13.0. The number of benzene rings is 2. The fourth-order valence-corrected chi connectivity index (χ4v) is 2.98. The fourth-order valence-electron chi connectivity index (χ4n) is 2.98. The minimum atomic E-state index is 0. The van der Waals surface area contributed by atoms with Crippen LogP contribution in [0.2, 0.25) is 0 Å². The summed E-state index contributed by atoms with van der Waals surface area (Å²) in [5, 5.41) is 0. The lowest BCUT2D eigenvalue weighted by molar-refractivity contribution is 0.0738. The monoisotopic (exact) mass is 406 g/mol. The molecular formula is C22H31ClN2O3. The smallest absolute Gasteiger partial charge is 0.253 e. The predicted molar refractivity (Wildman–Crippen MR) is 116 cm³/mol. The normalized spacial score (nSPS) is 10.4. The van der Waals surface area contributed by atoms with Crippen LogP contribution in [0.15, 0.2) is 42.5 Å². The summed E-state index contributed by atoms with van der Waals surface area (Å²) in [6, 6.07) is 13.4. The van der Waals surface area contributed by atoms with Crippen LogP contribution in [-0.2, 0) is 13.0 Å². The fraction of sp³-hybridized carbons (Fsp3) is 0.409. The van der Waals surface area contributed by atoms with Crippen molar-refractivity contribution >= 4 is 18.3 Å². The number of ether oxygens (including phenoxy) is 2. The molecule has 154 valence electrons. The van der Waals surface area contributed by atoms with Gasteiger partial charge >= 0.3 is 0 Å². The predicted octanol–water partition coefficient (Wildman–Crippen LogP) is 3.93. The average molecular weight is 407 g/mol. The summed E-state index contributed by atoms with van der Waals surface area (Å²) < 4.78 is 10.7. The van der Waals surface area contributed by atoms with Crippen molar-refractivity contribution in [2.24, 2.45) is 11.7 Å². The van der Waals surface area contributed by atoms with Crippen LogP contribution in [-0.4, -0.2) is 38.1 Å². The SMILES string of the molecule is COc1ccc(CCN(CC(C)C)C(=O)c2ccc(CN)cc2)cc1OC.Cl. The summed E-state index contributed by atoms with van der Waals surface area (Å²) in [5.41, 5.74) is 8.46. The molecule has 0 saturated carbocycles. The number of nitrogens with zero attached hydrogens (tertiary/aromatic N) is 1. The maximum Gasteiger partial charge on any atom is 0.253 e. The Balaban J connectivity index is 0.00000392. The number of carbonyl (C=O) groups is 1. The molecule has 2 N–H and O–H groups in total. The van der Waals surface area contributed by atoms with Gasteiger partial charge in [0.15, 0.2) is 11.5 Å². The molecule has 0 heterocycles. The molecule has 0 atom stereocenters. The van der Waals surface area contributed by atoms with E-state index in [2.05, 4.69) is 13.8 Å². The van der Waals surface area contributed by atoms with Crippen LogP contribution in [0, 0.1) is 5.92 Å². The minimum absolute atomic E-state index is 0. The first-order valence-electron chi connectivity index (χ1n) is 9.27. The van der Waals surface area contributed by atoms with Gasteiger partial charge in [-0.25, -0.2) is 0 Å². The summed E-state index contributed by atoms with van der Waals surface area (Å²) in [7, 11) is 3.25. The first-order valence-corrected chi connectivity index (χ1v) is 9.27. The van der Waals surface area contributed by atoms with Crippen molar-refractivity contribution in [2.45, 2.75) is 26.8 Å². The molecule has 5 nitrogen and oxygen atoms in total. The highest BCUT2D eigenvalue weighted by molar-refractivity contribution is 5.94. The Morgan fingerprint density at radius 2 is 1.61 bits per heavy atom. The topological polar surface area (TPSA) is 64.8 Å². The Morgan fingerprint density at radius 3 is 2.14 bits per heavy atom. The number of rotatable bonds is 9. The Kier molecular flexibility index (Phi) is 9.83. The quantitative estimate of drug-likeness (QED) is 0.685. The van der Waals surface area contributed by atoms with Crippen LogP contribution < -0.4 is 15.2 Å². The molecule has 0 saturated heterocycles. The molecule has 0 bridgehead atoms. The number of amides is 1. The van der Waals surface area contributed by atoms with Gasteiger partial charge in [-0.3, -0.25) is 4.79 Å². The lowest BCUT2D eigenvalue weighted by Gasteiger charge is -2.25. The lowest BCUT2D eigenvalue weighted by atomic mass is 10.1. The van der Waals surface area contributed by atoms with Gasteiger partial charge < -0.3 is 20.1 Å². The number of methoxy groups -OCH3 is 2. The number of hydrogen-bond acceptors (Lipinski definition) is 4. The minimum Gasteiger partial charge on any atom is -0.493 e. The molecule has 0 spiro atoms. The van der Waals surface area contributed by atoms with Gasteiger partial charge in [-0.15, -0.1) is 12.4 Å². The van der Waals surface area contributed by atoms with Gasteiger partial charge in [0.2, 0.25) is 0 Å². The van der Waals surface area contributed by atoms with Crippen LogP contribution in [0.5, 0.6) is 11.5 Å². The van der Waals surface area contributed by atoms with E-state index in [0.717, 1.165) is 17.5 Å². The molecule has 0 fully saturated rings. The van der Waals surface area contributed by atoms with E-state index < -0.39 is 0 Å². The zero-order chi connectivity index (χ0) is 19.8. The highest BCUT2D eigenvalue weighted by Gasteiger charge is 2.17. The van der Waals surface area contributed by atoms with E-state index in [-0.39, 0.29) is 18.3 Å². The third-order valence-corrected chi connectivity index (χ3v) is 4.43. The van der Waals surface area contributed by atoms with Crippen molar-refractivity contribution in [3.63, 3.8) is 0 Å². The Hall–Kier alpha value is -2.24. The second kappa shape index (κ2) is 11.6. The number of carbonyl (C=O) groups excluding carboxylic acids is 1. The Labute approximate surface area is 174 Å². The molecule has 2 aromatic rings. The molecule has 0 unspecified atom stereocenters. The molecule has 6 heteroatoms. The molecule has 1 amide bonds. The van der Waals surface area contributed by atoms with Crippen molar-refractivity contribution in [2.75, 3.05) is 27.3 Å². The molecule has 0 aliphatic heterocycles. The van der Waals surface area contributed by atoms with Gasteiger partial charge in [0.1, 0.15) is 0 Å². The molecule has 2 aromatic carbocycles. The van der Waals surface area contributed by atoms with E-state index >= 15 is 0 Å². The van der Waals surface area contributed by atoms with E-state index in [9.17, 15) is 4.79 Å². The number of hydrogen-bond donors (Lipinski definition) is 1. The second-order valence-electron chi connectivity index (χ2n) is 6.99. The van der Waals surface area contributed by atoms with E-state index in [1.54, 1.807) is 14.2 Å². The molecule has 0 radical (unpaired) electrons. The third-order valence-electron chi connectivity index (χ3n) is 4.43. The van der Waals surface area contributed by atoms with E-state index in [1.807, 2.05) is 47.4 Å². The molecule has 0 aromatic heterocycles. The standard InChI is InChI=1S/C22H30N2O3.ClH/c1-16(2)15-24(22(25)19-8-5-18(14-23)6-9-19)12-11-17-7-10-20(26-3)21(13-17)27-4;/h5-10,13,16H,11-12,14-15,23H2,1-4H3;1H. The van der Waals surface area contributed by atoms with Crippen molar-refractivity contribution in [3.05, 3.63) is 59.2 Å². The summed E-state index contributed by atoms with van der Waals surface area (Å²) in [4.78, 5) is 14.9. The van der Waals surface area contributed by atoms with Crippen LogP contribution >= 0.6 is 12.4 Å². The van der Waals surface area contributed by atoms with E-state index in [4.69, 9.17) is 15.2 Å². The summed E-state index contributed by atoms with van der Waals surface area (Å²) in [5.74, 6) is 1.85. The largest absolute Gasteiger partial charge is 0.493 e. The van der Waals surface area contributed by atoms with Crippen LogP contribution in [0.3, 0.4) is 0 Å². The molecule has 0 aliphatic rings. The first-order chi connectivity index (χ1) is 13.0. The van der Waals surface area contributed by atoms with Crippen molar-refractivity contribution in [1.29, 1.82) is 0 Å².